The molecule has 0 radical (unpaired) electrons. The Morgan fingerprint density at radius 3 is 1.69 bits per heavy atom. The van der Waals surface area contributed by atoms with Crippen molar-refractivity contribution in [1.82, 2.24) is 15.0 Å². The number of nitrogens with zero attached hydrogens (tertiary/aromatic N) is 3. The molecule has 48 heavy (non-hydrogen) atoms. The predicted octanol–water partition coefficient (Wildman–Crippen LogP) is 11.6. The van der Waals surface area contributed by atoms with Gasteiger partial charge in [-0.15, -0.1) is 0 Å². The van der Waals surface area contributed by atoms with Gasteiger partial charge in [0, 0.05) is 32.8 Å². The van der Waals surface area contributed by atoms with Gasteiger partial charge in [0.1, 0.15) is 11.2 Å². The fourth-order valence-electron chi connectivity index (χ4n) is 6.64. The number of hydrogen-bond donors (Lipinski definition) is 0. The molecule has 0 bridgehead atoms. The first-order chi connectivity index (χ1) is 23.7. The third-order valence-corrected chi connectivity index (χ3v) is 9.07. The molecule has 9 rings (SSSR count). The van der Waals surface area contributed by atoms with Crippen LogP contribution in [0.2, 0.25) is 0 Å². The summed E-state index contributed by atoms with van der Waals surface area (Å²) < 4.78 is 6.71. The van der Waals surface area contributed by atoms with Gasteiger partial charge in [-0.25, -0.2) is 15.0 Å². The Balaban J connectivity index is 1.21. The molecule has 0 fully saturated rings. The van der Waals surface area contributed by atoms with E-state index in [1.807, 2.05) is 36.4 Å². The molecule has 0 unspecified atom stereocenters. The lowest BCUT2D eigenvalue weighted by atomic mass is 9.95. The van der Waals surface area contributed by atoms with Crippen molar-refractivity contribution in [2.24, 2.45) is 0 Å². The Hall–Kier alpha value is -6.39. The van der Waals surface area contributed by atoms with Gasteiger partial charge in [-0.2, -0.15) is 0 Å². The van der Waals surface area contributed by atoms with Crippen LogP contribution in [0.4, 0.5) is 0 Å². The number of furan rings is 1. The summed E-state index contributed by atoms with van der Waals surface area (Å²) >= 11 is 0. The molecule has 0 amide bonds. The maximum atomic E-state index is 6.71. The SMILES string of the molecule is Cc1ccccc1-c1ccc(-c2nc(-c3ccccc3)nc(-c3ccc4c(c3)oc3c5ccccc5cc(-c5ccccc5)c43)n2)cc1. The first-order valence-corrected chi connectivity index (χ1v) is 16.1. The standard InChI is InChI=1S/C44H29N3O/c1-28-12-8-10-18-35(28)30-20-22-32(23-21-30)43-45-42(31-15-6-3-7-16-31)46-44(47-43)34-24-25-37-39(27-34)48-41-36-19-11-9-17-33(36)26-38(40(37)41)29-13-4-2-5-14-29/h2-27H,1H3. The molecular formula is C44H29N3O. The maximum absolute atomic E-state index is 6.71. The highest BCUT2D eigenvalue weighted by atomic mass is 16.3. The Kier molecular flexibility index (Phi) is 6.65. The number of aromatic nitrogens is 3. The fraction of sp³-hybridized carbons (Fsp3) is 0.0227. The lowest BCUT2D eigenvalue weighted by Crippen LogP contribution is -2.00. The number of aryl methyl sites for hydroxylation is 1. The summed E-state index contributed by atoms with van der Waals surface area (Å²) in [4.78, 5) is 15.0. The summed E-state index contributed by atoms with van der Waals surface area (Å²) in [5.74, 6) is 1.84. The van der Waals surface area contributed by atoms with Gasteiger partial charge in [0.2, 0.25) is 0 Å². The largest absolute Gasteiger partial charge is 0.455 e. The molecule has 0 aliphatic carbocycles. The molecule has 0 saturated carbocycles. The van der Waals surface area contributed by atoms with Gasteiger partial charge in [0.15, 0.2) is 17.5 Å². The van der Waals surface area contributed by atoms with E-state index < -0.39 is 0 Å². The minimum Gasteiger partial charge on any atom is -0.455 e. The van der Waals surface area contributed by atoms with E-state index >= 15 is 0 Å². The molecular weight excluding hydrogens is 587 g/mol. The Bertz CT molecular complexity index is 2610. The van der Waals surface area contributed by atoms with Crippen molar-refractivity contribution in [3.8, 4) is 56.4 Å². The topological polar surface area (TPSA) is 51.8 Å². The van der Waals surface area contributed by atoms with Gasteiger partial charge in [-0.05, 0) is 58.3 Å². The van der Waals surface area contributed by atoms with Crippen LogP contribution in [-0.2, 0) is 0 Å². The van der Waals surface area contributed by atoms with Crippen molar-refractivity contribution in [2.45, 2.75) is 6.92 Å². The second kappa shape index (κ2) is 11.4. The normalized spacial score (nSPS) is 11.4. The van der Waals surface area contributed by atoms with Gasteiger partial charge >= 0.3 is 0 Å². The van der Waals surface area contributed by atoms with Crippen LogP contribution in [-0.4, -0.2) is 15.0 Å². The Morgan fingerprint density at radius 2 is 0.958 bits per heavy atom. The zero-order valence-electron chi connectivity index (χ0n) is 26.3. The van der Waals surface area contributed by atoms with Crippen LogP contribution in [0, 0.1) is 6.92 Å². The average molecular weight is 616 g/mol. The minimum absolute atomic E-state index is 0.595. The van der Waals surface area contributed by atoms with E-state index in [4.69, 9.17) is 19.4 Å². The molecule has 0 aliphatic heterocycles. The van der Waals surface area contributed by atoms with Crippen molar-refractivity contribution in [2.75, 3.05) is 0 Å². The van der Waals surface area contributed by atoms with Crippen LogP contribution in [0.15, 0.2) is 162 Å². The van der Waals surface area contributed by atoms with E-state index in [9.17, 15) is 0 Å². The summed E-state index contributed by atoms with van der Waals surface area (Å²) in [7, 11) is 0. The molecule has 9 aromatic rings. The Morgan fingerprint density at radius 1 is 0.417 bits per heavy atom. The molecule has 7 aromatic carbocycles. The molecule has 4 nitrogen and oxygen atoms in total. The van der Waals surface area contributed by atoms with Crippen molar-refractivity contribution in [3.63, 3.8) is 0 Å². The van der Waals surface area contributed by atoms with E-state index in [0.717, 1.165) is 66.1 Å². The Labute approximate surface area is 278 Å². The van der Waals surface area contributed by atoms with Gasteiger partial charge in [0.05, 0.1) is 0 Å². The first kappa shape index (κ1) is 27.9. The van der Waals surface area contributed by atoms with Crippen LogP contribution >= 0.6 is 0 Å². The molecule has 4 heteroatoms. The third kappa shape index (κ3) is 4.83. The fourth-order valence-corrected chi connectivity index (χ4v) is 6.64. The number of hydrogen-bond acceptors (Lipinski definition) is 4. The minimum atomic E-state index is 0.595. The van der Waals surface area contributed by atoms with Crippen LogP contribution in [0.3, 0.4) is 0 Å². The molecule has 226 valence electrons. The maximum Gasteiger partial charge on any atom is 0.164 e. The van der Waals surface area contributed by atoms with Crippen molar-refractivity contribution < 1.29 is 4.42 Å². The van der Waals surface area contributed by atoms with Gasteiger partial charge in [-0.3, -0.25) is 0 Å². The summed E-state index contributed by atoms with van der Waals surface area (Å²) in [6, 6.07) is 54.4. The van der Waals surface area contributed by atoms with Crippen molar-refractivity contribution in [1.29, 1.82) is 0 Å². The lowest BCUT2D eigenvalue weighted by Gasteiger charge is -2.10. The first-order valence-electron chi connectivity index (χ1n) is 16.1. The highest BCUT2D eigenvalue weighted by molar-refractivity contribution is 6.21. The van der Waals surface area contributed by atoms with Crippen LogP contribution in [0.1, 0.15) is 5.56 Å². The molecule has 0 atom stereocenters. The smallest absolute Gasteiger partial charge is 0.164 e. The van der Waals surface area contributed by atoms with Crippen LogP contribution < -0.4 is 0 Å². The van der Waals surface area contributed by atoms with Crippen LogP contribution in [0.5, 0.6) is 0 Å². The van der Waals surface area contributed by atoms with E-state index in [2.05, 4.69) is 128 Å². The second-order valence-corrected chi connectivity index (χ2v) is 12.1. The zero-order chi connectivity index (χ0) is 32.0. The molecule has 0 saturated heterocycles. The van der Waals surface area contributed by atoms with Crippen LogP contribution in [0.25, 0.3) is 89.1 Å². The summed E-state index contributed by atoms with van der Waals surface area (Å²) in [6.45, 7) is 2.14. The van der Waals surface area contributed by atoms with Gasteiger partial charge in [0.25, 0.3) is 0 Å². The summed E-state index contributed by atoms with van der Waals surface area (Å²) in [5, 5.41) is 4.40. The van der Waals surface area contributed by atoms with E-state index in [-0.39, 0.29) is 0 Å². The van der Waals surface area contributed by atoms with Gasteiger partial charge < -0.3 is 4.42 Å². The number of benzene rings is 7. The monoisotopic (exact) mass is 615 g/mol. The highest BCUT2D eigenvalue weighted by Gasteiger charge is 2.18. The predicted molar refractivity (Wildman–Crippen MR) is 197 cm³/mol. The molecule has 0 spiro atoms. The van der Waals surface area contributed by atoms with Crippen molar-refractivity contribution >= 4 is 32.7 Å². The van der Waals surface area contributed by atoms with E-state index in [1.165, 1.54) is 11.1 Å². The quantitative estimate of drug-likeness (QED) is 0.193. The number of fused-ring (bicyclic) bond motifs is 5. The zero-order valence-corrected chi connectivity index (χ0v) is 26.3. The summed E-state index contributed by atoms with van der Waals surface area (Å²) in [5.41, 5.74) is 10.3. The van der Waals surface area contributed by atoms with E-state index in [1.54, 1.807) is 0 Å². The third-order valence-electron chi connectivity index (χ3n) is 9.07. The average Bonchev–Trinajstić information content (AvgIpc) is 3.55. The number of rotatable bonds is 5. The lowest BCUT2D eigenvalue weighted by molar-refractivity contribution is 0.673. The molecule has 0 N–H and O–H groups in total. The second-order valence-electron chi connectivity index (χ2n) is 12.1. The molecule has 0 aliphatic rings. The van der Waals surface area contributed by atoms with Crippen molar-refractivity contribution in [3.05, 3.63) is 163 Å². The summed E-state index contributed by atoms with van der Waals surface area (Å²) in [6.07, 6.45) is 0. The van der Waals surface area contributed by atoms with Gasteiger partial charge in [-0.1, -0.05) is 140 Å². The highest BCUT2D eigenvalue weighted by Crippen LogP contribution is 2.42. The molecule has 2 aromatic heterocycles. The van der Waals surface area contributed by atoms with E-state index in [0.29, 0.717) is 17.5 Å². The molecule has 2 heterocycles.